The lowest BCUT2D eigenvalue weighted by Crippen LogP contribution is -2.34. The van der Waals surface area contributed by atoms with Crippen molar-refractivity contribution in [2.24, 2.45) is 5.41 Å². The first-order chi connectivity index (χ1) is 9.95. The van der Waals surface area contributed by atoms with Gasteiger partial charge in [-0.15, -0.1) is 0 Å². The highest BCUT2D eigenvalue weighted by molar-refractivity contribution is 5.95. The molecule has 2 N–H and O–H groups in total. The minimum atomic E-state index is -0.827. The predicted octanol–water partition coefficient (Wildman–Crippen LogP) is 2.15. The molecule has 1 fully saturated rings. The number of hydrogen-bond donors (Lipinski definition) is 2. The summed E-state index contributed by atoms with van der Waals surface area (Å²) >= 11 is 0. The number of nitrogens with zero attached hydrogens (tertiary/aromatic N) is 2. The fourth-order valence-corrected chi connectivity index (χ4v) is 2.61. The van der Waals surface area contributed by atoms with Crippen LogP contribution < -0.4 is 5.32 Å². The molecule has 116 valence electrons. The Hall–Kier alpha value is -1.85. The van der Waals surface area contributed by atoms with Crippen LogP contribution in [0.2, 0.25) is 0 Å². The van der Waals surface area contributed by atoms with Crippen molar-refractivity contribution < 1.29 is 14.7 Å². The van der Waals surface area contributed by atoms with Crippen molar-refractivity contribution in [3.8, 4) is 0 Å². The van der Waals surface area contributed by atoms with Gasteiger partial charge < -0.3 is 10.4 Å². The van der Waals surface area contributed by atoms with Gasteiger partial charge in [-0.3, -0.25) is 14.3 Å². The molecule has 1 aromatic heterocycles. The van der Waals surface area contributed by atoms with E-state index in [-0.39, 0.29) is 12.5 Å². The van der Waals surface area contributed by atoms with E-state index in [0.29, 0.717) is 24.4 Å². The second kappa shape index (κ2) is 5.87. The second-order valence-electron chi connectivity index (χ2n) is 5.83. The zero-order chi connectivity index (χ0) is 15.6. The summed E-state index contributed by atoms with van der Waals surface area (Å²) in [4.78, 5) is 23.3. The first kappa shape index (κ1) is 15.5. The molecule has 1 amide bonds. The molecule has 0 saturated heterocycles. The maximum Gasteiger partial charge on any atom is 0.311 e. The Morgan fingerprint density at radius 1 is 1.43 bits per heavy atom. The number of hydrogen-bond acceptors (Lipinski definition) is 3. The number of nitrogens with one attached hydrogen (secondary N) is 1. The molecular formula is C15H23N3O3. The van der Waals surface area contributed by atoms with Crippen LogP contribution in [0.3, 0.4) is 0 Å². The van der Waals surface area contributed by atoms with Gasteiger partial charge in [-0.2, -0.15) is 5.10 Å². The van der Waals surface area contributed by atoms with E-state index < -0.39 is 11.4 Å². The van der Waals surface area contributed by atoms with Gasteiger partial charge in [-0.05, 0) is 32.6 Å². The van der Waals surface area contributed by atoms with Crippen molar-refractivity contribution >= 4 is 11.9 Å². The summed E-state index contributed by atoms with van der Waals surface area (Å²) < 4.78 is 1.89. The third kappa shape index (κ3) is 2.94. The van der Waals surface area contributed by atoms with Gasteiger partial charge in [-0.25, -0.2) is 0 Å². The minimum absolute atomic E-state index is 0.191. The molecule has 2 rings (SSSR count). The summed E-state index contributed by atoms with van der Waals surface area (Å²) in [6.07, 6.45) is 4.76. The van der Waals surface area contributed by atoms with Crippen molar-refractivity contribution in [2.75, 3.05) is 6.54 Å². The standard InChI is InChI=1S/C15H23N3O3/c1-4-11(5-2)18-10(3)12(8-17-18)13(19)16-9-15(6-7-15)14(20)21/h8,11H,4-7,9H2,1-3H3,(H,16,19)(H,20,21). The lowest BCUT2D eigenvalue weighted by molar-refractivity contribution is -0.143. The fourth-order valence-electron chi connectivity index (χ4n) is 2.61. The van der Waals surface area contributed by atoms with Crippen LogP contribution in [0, 0.1) is 12.3 Å². The number of amides is 1. The molecule has 1 aromatic rings. The summed E-state index contributed by atoms with van der Waals surface area (Å²) in [6.45, 7) is 6.26. The second-order valence-corrected chi connectivity index (χ2v) is 5.83. The highest BCUT2D eigenvalue weighted by Gasteiger charge is 2.50. The Labute approximate surface area is 124 Å². The molecule has 6 heteroatoms. The van der Waals surface area contributed by atoms with Crippen LogP contribution >= 0.6 is 0 Å². The molecule has 1 aliphatic carbocycles. The topological polar surface area (TPSA) is 84.2 Å². The van der Waals surface area contributed by atoms with Crippen molar-refractivity contribution in [3.05, 3.63) is 17.5 Å². The van der Waals surface area contributed by atoms with Crippen LogP contribution in [0.4, 0.5) is 0 Å². The molecule has 0 spiro atoms. The highest BCUT2D eigenvalue weighted by atomic mass is 16.4. The Morgan fingerprint density at radius 3 is 2.52 bits per heavy atom. The van der Waals surface area contributed by atoms with Gasteiger partial charge >= 0.3 is 5.97 Å². The van der Waals surface area contributed by atoms with Crippen LogP contribution in [-0.2, 0) is 4.79 Å². The zero-order valence-corrected chi connectivity index (χ0v) is 12.8. The molecule has 0 unspecified atom stereocenters. The summed E-state index contributed by atoms with van der Waals surface area (Å²) in [6, 6.07) is 0.292. The van der Waals surface area contributed by atoms with E-state index in [9.17, 15) is 9.59 Å². The predicted molar refractivity (Wildman–Crippen MR) is 78.2 cm³/mol. The van der Waals surface area contributed by atoms with E-state index in [1.165, 1.54) is 0 Å². The zero-order valence-electron chi connectivity index (χ0n) is 12.8. The summed E-state index contributed by atoms with van der Waals surface area (Å²) in [5, 5.41) is 16.2. The summed E-state index contributed by atoms with van der Waals surface area (Å²) in [7, 11) is 0. The molecule has 21 heavy (non-hydrogen) atoms. The Bertz CT molecular complexity index is 542. The number of aliphatic carboxylic acids is 1. The van der Waals surface area contributed by atoms with Crippen molar-refractivity contribution in [3.63, 3.8) is 0 Å². The van der Waals surface area contributed by atoms with E-state index in [0.717, 1.165) is 18.5 Å². The Kier molecular flexibility index (Phi) is 4.34. The van der Waals surface area contributed by atoms with Crippen LogP contribution in [-0.4, -0.2) is 33.3 Å². The fraction of sp³-hybridized carbons (Fsp3) is 0.667. The van der Waals surface area contributed by atoms with Crippen LogP contribution in [0.25, 0.3) is 0 Å². The van der Waals surface area contributed by atoms with Crippen LogP contribution in [0.5, 0.6) is 0 Å². The van der Waals surface area contributed by atoms with Crippen molar-refractivity contribution in [1.82, 2.24) is 15.1 Å². The third-order valence-corrected chi connectivity index (χ3v) is 4.47. The van der Waals surface area contributed by atoms with Gasteiger partial charge in [0.2, 0.25) is 0 Å². The highest BCUT2D eigenvalue weighted by Crippen LogP contribution is 2.45. The monoisotopic (exact) mass is 293 g/mol. The largest absolute Gasteiger partial charge is 0.481 e. The molecule has 1 aliphatic rings. The molecule has 1 heterocycles. The molecular weight excluding hydrogens is 270 g/mol. The van der Waals surface area contributed by atoms with E-state index in [1.807, 2.05) is 11.6 Å². The van der Waals surface area contributed by atoms with Crippen LogP contribution in [0.15, 0.2) is 6.20 Å². The Morgan fingerprint density at radius 2 is 2.05 bits per heavy atom. The van der Waals surface area contributed by atoms with Gasteiger partial charge in [0.25, 0.3) is 5.91 Å². The van der Waals surface area contributed by atoms with Gasteiger partial charge in [-0.1, -0.05) is 13.8 Å². The smallest absolute Gasteiger partial charge is 0.311 e. The summed E-state index contributed by atoms with van der Waals surface area (Å²) in [5.41, 5.74) is 0.624. The third-order valence-electron chi connectivity index (χ3n) is 4.47. The van der Waals surface area contributed by atoms with Gasteiger partial charge in [0.05, 0.1) is 23.2 Å². The number of rotatable bonds is 7. The molecule has 0 atom stereocenters. The maximum absolute atomic E-state index is 12.2. The maximum atomic E-state index is 12.2. The number of carbonyl (C=O) groups is 2. The average molecular weight is 293 g/mol. The normalized spacial score (nSPS) is 16.0. The molecule has 0 radical (unpaired) electrons. The molecule has 0 aliphatic heterocycles. The molecule has 6 nitrogen and oxygen atoms in total. The lowest BCUT2D eigenvalue weighted by atomic mass is 10.1. The average Bonchev–Trinajstić information content (AvgIpc) is 3.17. The number of carboxylic acids is 1. The van der Waals surface area contributed by atoms with Crippen LogP contribution in [0.1, 0.15) is 61.6 Å². The molecule has 1 saturated carbocycles. The van der Waals surface area contributed by atoms with E-state index in [1.54, 1.807) is 6.20 Å². The van der Waals surface area contributed by atoms with E-state index in [2.05, 4.69) is 24.3 Å². The quantitative estimate of drug-likeness (QED) is 0.806. The lowest BCUT2D eigenvalue weighted by Gasteiger charge is -2.15. The number of carbonyl (C=O) groups excluding carboxylic acids is 1. The number of carboxylic acid groups (broad SMARTS) is 1. The van der Waals surface area contributed by atoms with Gasteiger partial charge in [0.1, 0.15) is 0 Å². The first-order valence-electron chi connectivity index (χ1n) is 7.51. The first-order valence-corrected chi connectivity index (χ1v) is 7.51. The summed E-state index contributed by atoms with van der Waals surface area (Å²) in [5.74, 6) is -1.07. The molecule has 0 bridgehead atoms. The SMILES string of the molecule is CCC(CC)n1ncc(C(=O)NCC2(C(=O)O)CC2)c1C. The Balaban J connectivity index is 2.05. The van der Waals surface area contributed by atoms with Crippen molar-refractivity contribution in [1.29, 1.82) is 0 Å². The van der Waals surface area contributed by atoms with E-state index in [4.69, 9.17) is 5.11 Å². The van der Waals surface area contributed by atoms with E-state index >= 15 is 0 Å². The minimum Gasteiger partial charge on any atom is -0.481 e. The number of aromatic nitrogens is 2. The van der Waals surface area contributed by atoms with Crippen molar-refractivity contribution in [2.45, 2.75) is 52.5 Å². The van der Waals surface area contributed by atoms with Gasteiger partial charge in [0, 0.05) is 12.2 Å². The molecule has 0 aromatic carbocycles. The van der Waals surface area contributed by atoms with Gasteiger partial charge in [0.15, 0.2) is 0 Å².